The minimum Gasteiger partial charge on any atom is -0.288 e. The molecule has 1 nitrogen and oxygen atoms in total. The highest BCUT2D eigenvalue weighted by Crippen LogP contribution is 2.30. The van der Waals surface area contributed by atoms with E-state index in [1.54, 1.807) is 18.2 Å². The number of ketones is 1. The molecular formula is C15H10Br2ClFO. The molecule has 0 atom stereocenters. The van der Waals surface area contributed by atoms with Gasteiger partial charge in [0.1, 0.15) is 0 Å². The second-order valence-corrected chi connectivity index (χ2v) is 6.50. The van der Waals surface area contributed by atoms with Crippen LogP contribution in [-0.4, -0.2) is 5.78 Å². The lowest BCUT2D eigenvalue weighted by Crippen LogP contribution is -2.06. The SMILES string of the molecule is Cc1cc(C(=O)c2ccc(Br)c(Cl)c2F)cc(C)c1Br. The first-order valence-corrected chi connectivity index (χ1v) is 7.74. The minimum atomic E-state index is -0.704. The molecule has 0 fully saturated rings. The number of carbonyl (C=O) groups is 1. The van der Waals surface area contributed by atoms with Crippen LogP contribution in [0.2, 0.25) is 5.02 Å². The lowest BCUT2D eigenvalue weighted by atomic mass is 9.99. The molecule has 2 aromatic carbocycles. The van der Waals surface area contributed by atoms with Crippen molar-refractivity contribution in [3.8, 4) is 0 Å². The Morgan fingerprint density at radius 1 is 1.15 bits per heavy atom. The van der Waals surface area contributed by atoms with E-state index in [4.69, 9.17) is 11.6 Å². The van der Waals surface area contributed by atoms with Crippen LogP contribution < -0.4 is 0 Å². The Hall–Kier alpha value is -0.710. The molecule has 0 spiro atoms. The van der Waals surface area contributed by atoms with Crippen LogP contribution in [-0.2, 0) is 0 Å². The molecule has 5 heteroatoms. The Morgan fingerprint density at radius 2 is 1.70 bits per heavy atom. The fraction of sp³-hybridized carbons (Fsp3) is 0.133. The molecule has 2 rings (SSSR count). The summed E-state index contributed by atoms with van der Waals surface area (Å²) in [5.74, 6) is -1.08. The number of hydrogen-bond donors (Lipinski definition) is 0. The van der Waals surface area contributed by atoms with Crippen LogP contribution in [0.15, 0.2) is 33.2 Å². The van der Waals surface area contributed by atoms with Crippen LogP contribution in [0.25, 0.3) is 0 Å². The third-order valence-corrected chi connectivity index (χ3v) is 5.49. The molecule has 0 bridgehead atoms. The zero-order chi connectivity index (χ0) is 15.0. The van der Waals surface area contributed by atoms with Gasteiger partial charge in [-0.3, -0.25) is 4.79 Å². The first-order valence-electron chi connectivity index (χ1n) is 5.78. The number of carbonyl (C=O) groups excluding carboxylic acids is 1. The smallest absolute Gasteiger partial charge is 0.196 e. The van der Waals surface area contributed by atoms with Crippen molar-refractivity contribution in [3.05, 3.63) is 66.3 Å². The van der Waals surface area contributed by atoms with Crippen molar-refractivity contribution in [3.63, 3.8) is 0 Å². The van der Waals surface area contributed by atoms with Gasteiger partial charge in [0, 0.05) is 14.5 Å². The predicted molar refractivity (Wildman–Crippen MR) is 86.2 cm³/mol. The molecule has 0 heterocycles. The van der Waals surface area contributed by atoms with Crippen LogP contribution in [0.5, 0.6) is 0 Å². The highest BCUT2D eigenvalue weighted by Gasteiger charge is 2.19. The van der Waals surface area contributed by atoms with E-state index < -0.39 is 5.82 Å². The van der Waals surface area contributed by atoms with Gasteiger partial charge in [0.2, 0.25) is 0 Å². The molecule has 0 aliphatic rings. The largest absolute Gasteiger partial charge is 0.288 e. The van der Waals surface area contributed by atoms with Gasteiger partial charge >= 0.3 is 0 Å². The molecule has 0 unspecified atom stereocenters. The number of benzene rings is 2. The minimum absolute atomic E-state index is 0.0284. The van der Waals surface area contributed by atoms with Gasteiger partial charge in [-0.1, -0.05) is 27.5 Å². The summed E-state index contributed by atoms with van der Waals surface area (Å²) in [4.78, 5) is 12.4. The van der Waals surface area contributed by atoms with Gasteiger partial charge in [-0.05, 0) is 65.2 Å². The van der Waals surface area contributed by atoms with Crippen molar-refractivity contribution < 1.29 is 9.18 Å². The average molecular weight is 421 g/mol. The summed E-state index contributed by atoms with van der Waals surface area (Å²) in [6, 6.07) is 6.46. The molecule has 0 saturated heterocycles. The fourth-order valence-corrected chi connectivity index (χ4v) is 2.63. The van der Waals surface area contributed by atoms with Crippen LogP contribution in [0.1, 0.15) is 27.0 Å². The van der Waals surface area contributed by atoms with Crippen molar-refractivity contribution in [1.29, 1.82) is 0 Å². The standard InChI is InChI=1S/C15H10Br2ClFO/c1-7-5-9(6-8(2)12(7)17)15(20)10-3-4-11(16)13(18)14(10)19/h3-6H,1-2H3. The monoisotopic (exact) mass is 418 g/mol. The Morgan fingerprint density at radius 3 is 2.25 bits per heavy atom. The van der Waals surface area contributed by atoms with Crippen LogP contribution in [0.4, 0.5) is 4.39 Å². The van der Waals surface area contributed by atoms with Crippen molar-refractivity contribution >= 4 is 49.2 Å². The number of hydrogen-bond acceptors (Lipinski definition) is 1. The van der Waals surface area contributed by atoms with E-state index in [0.717, 1.165) is 15.6 Å². The molecular weight excluding hydrogens is 410 g/mol. The summed E-state index contributed by atoms with van der Waals surface area (Å²) in [5, 5.41) is -0.0820. The molecule has 0 saturated carbocycles. The van der Waals surface area contributed by atoms with Gasteiger partial charge in [-0.2, -0.15) is 0 Å². The van der Waals surface area contributed by atoms with Gasteiger partial charge in [0.25, 0.3) is 0 Å². The zero-order valence-corrected chi connectivity index (χ0v) is 14.7. The van der Waals surface area contributed by atoms with Crippen molar-refractivity contribution in [2.45, 2.75) is 13.8 Å². The molecule has 0 N–H and O–H groups in total. The van der Waals surface area contributed by atoms with Crippen molar-refractivity contribution in [2.75, 3.05) is 0 Å². The maximum atomic E-state index is 14.1. The second kappa shape index (κ2) is 5.96. The van der Waals surface area contributed by atoms with Gasteiger partial charge in [-0.15, -0.1) is 0 Å². The Kier molecular flexibility index (Phi) is 4.67. The van der Waals surface area contributed by atoms with Gasteiger partial charge in [0.15, 0.2) is 11.6 Å². The fourth-order valence-electron chi connectivity index (χ4n) is 1.93. The van der Waals surface area contributed by atoms with Gasteiger partial charge in [0.05, 0.1) is 10.6 Å². The van der Waals surface area contributed by atoms with Crippen LogP contribution >= 0.6 is 43.5 Å². The molecule has 20 heavy (non-hydrogen) atoms. The lowest BCUT2D eigenvalue weighted by molar-refractivity contribution is 0.103. The van der Waals surface area contributed by atoms with E-state index >= 15 is 0 Å². The normalized spacial score (nSPS) is 10.7. The molecule has 0 amide bonds. The van der Waals surface area contributed by atoms with E-state index in [-0.39, 0.29) is 16.4 Å². The van der Waals surface area contributed by atoms with Gasteiger partial charge < -0.3 is 0 Å². The van der Waals surface area contributed by atoms with Crippen LogP contribution in [0.3, 0.4) is 0 Å². The first-order chi connectivity index (χ1) is 9.32. The third kappa shape index (κ3) is 2.83. The number of rotatable bonds is 2. The zero-order valence-electron chi connectivity index (χ0n) is 10.7. The summed E-state index contributed by atoms with van der Waals surface area (Å²) < 4.78 is 15.5. The Bertz CT molecular complexity index is 690. The maximum absolute atomic E-state index is 14.1. The topological polar surface area (TPSA) is 17.1 Å². The highest BCUT2D eigenvalue weighted by atomic mass is 79.9. The molecule has 0 aliphatic carbocycles. The van der Waals surface area contributed by atoms with Crippen molar-refractivity contribution in [1.82, 2.24) is 0 Å². The van der Waals surface area contributed by atoms with E-state index in [9.17, 15) is 9.18 Å². The molecule has 0 radical (unpaired) electrons. The maximum Gasteiger partial charge on any atom is 0.196 e. The molecule has 104 valence electrons. The molecule has 2 aromatic rings. The summed E-state index contributed by atoms with van der Waals surface area (Å²) >= 11 is 12.4. The summed E-state index contributed by atoms with van der Waals surface area (Å²) in [7, 11) is 0. The summed E-state index contributed by atoms with van der Waals surface area (Å²) in [6.07, 6.45) is 0. The number of aryl methyl sites for hydroxylation is 2. The highest BCUT2D eigenvalue weighted by molar-refractivity contribution is 9.10. The summed E-state index contributed by atoms with van der Waals surface area (Å²) in [6.45, 7) is 3.78. The Labute approximate surface area is 138 Å². The molecule has 0 aliphatic heterocycles. The van der Waals surface area contributed by atoms with Gasteiger partial charge in [-0.25, -0.2) is 4.39 Å². The predicted octanol–water partition coefficient (Wildman–Crippen LogP) is 5.85. The van der Waals surface area contributed by atoms with E-state index in [1.807, 2.05) is 13.8 Å². The van der Waals surface area contributed by atoms with E-state index in [2.05, 4.69) is 31.9 Å². The van der Waals surface area contributed by atoms with E-state index in [1.165, 1.54) is 6.07 Å². The first kappa shape index (κ1) is 15.7. The number of halogens is 4. The third-order valence-electron chi connectivity index (χ3n) is 2.98. The van der Waals surface area contributed by atoms with Crippen molar-refractivity contribution in [2.24, 2.45) is 0 Å². The molecule has 0 aromatic heterocycles. The van der Waals surface area contributed by atoms with Crippen LogP contribution in [0, 0.1) is 19.7 Å². The second-order valence-electron chi connectivity index (χ2n) is 4.48. The Balaban J connectivity index is 2.55. The lowest BCUT2D eigenvalue weighted by Gasteiger charge is -2.09. The quantitative estimate of drug-likeness (QED) is 0.440. The van der Waals surface area contributed by atoms with E-state index in [0.29, 0.717) is 10.0 Å². The summed E-state index contributed by atoms with van der Waals surface area (Å²) in [5.41, 5.74) is 2.27. The average Bonchev–Trinajstić information content (AvgIpc) is 2.41.